The summed E-state index contributed by atoms with van der Waals surface area (Å²) in [6, 6.07) is 11.9. The van der Waals surface area contributed by atoms with Crippen LogP contribution < -0.4 is 21.1 Å². The van der Waals surface area contributed by atoms with E-state index in [4.69, 9.17) is 10.5 Å². The van der Waals surface area contributed by atoms with Crippen molar-refractivity contribution in [1.29, 1.82) is 0 Å². The van der Waals surface area contributed by atoms with Crippen LogP contribution in [0.2, 0.25) is 0 Å². The SMILES string of the molecule is Nc1c(C(=O)NC2CCCN(C(=O)O)C2)sc2nccc(Nc3c(F)cc(Oc4ccccc4)cc3F)c12. The van der Waals surface area contributed by atoms with Crippen LogP contribution >= 0.6 is 11.3 Å². The number of hydrogen-bond acceptors (Lipinski definition) is 7. The number of halogens is 2. The van der Waals surface area contributed by atoms with Gasteiger partial charge < -0.3 is 31.1 Å². The van der Waals surface area contributed by atoms with E-state index in [0.717, 1.165) is 23.5 Å². The molecule has 5 N–H and O–H groups in total. The van der Waals surface area contributed by atoms with Crippen molar-refractivity contribution in [2.24, 2.45) is 0 Å². The van der Waals surface area contributed by atoms with Crippen molar-refractivity contribution in [3.05, 3.63) is 71.2 Å². The number of nitrogens with zero attached hydrogens (tertiary/aromatic N) is 2. The normalized spacial score (nSPS) is 15.3. The molecule has 0 radical (unpaired) electrons. The minimum atomic E-state index is -1.04. The van der Waals surface area contributed by atoms with Gasteiger partial charge in [-0.3, -0.25) is 4.79 Å². The average Bonchev–Trinajstić information content (AvgIpc) is 3.24. The molecule has 4 aromatic rings. The molecule has 38 heavy (non-hydrogen) atoms. The number of pyridine rings is 1. The molecule has 1 aliphatic heterocycles. The summed E-state index contributed by atoms with van der Waals surface area (Å²) in [6.45, 7) is 0.595. The van der Waals surface area contributed by atoms with Crippen molar-refractivity contribution in [3.63, 3.8) is 0 Å². The summed E-state index contributed by atoms with van der Waals surface area (Å²) in [5, 5.41) is 15.2. The van der Waals surface area contributed by atoms with E-state index in [-0.39, 0.29) is 34.6 Å². The number of nitrogens with two attached hydrogens (primary N) is 1. The number of carboxylic acid groups (broad SMARTS) is 1. The molecule has 0 saturated carbocycles. The molecule has 0 spiro atoms. The Morgan fingerprint density at radius 3 is 2.58 bits per heavy atom. The third kappa shape index (κ3) is 5.16. The maximum atomic E-state index is 14.9. The lowest BCUT2D eigenvalue weighted by Gasteiger charge is -2.31. The molecular weight excluding hydrogens is 516 g/mol. The van der Waals surface area contributed by atoms with E-state index in [0.29, 0.717) is 35.4 Å². The number of fused-ring (bicyclic) bond motifs is 1. The summed E-state index contributed by atoms with van der Waals surface area (Å²) < 4.78 is 35.4. The quantitative estimate of drug-likeness (QED) is 0.252. The number of carbonyl (C=O) groups excluding carboxylic acids is 1. The first-order valence-electron chi connectivity index (χ1n) is 11.7. The molecule has 3 heterocycles. The van der Waals surface area contributed by atoms with Gasteiger partial charge in [-0.25, -0.2) is 18.6 Å². The molecule has 9 nitrogen and oxygen atoms in total. The fraction of sp³-hybridized carbons (Fsp3) is 0.192. The van der Waals surface area contributed by atoms with Crippen LogP contribution in [-0.2, 0) is 0 Å². The van der Waals surface area contributed by atoms with Crippen molar-refractivity contribution in [2.75, 3.05) is 24.1 Å². The Morgan fingerprint density at radius 1 is 1.13 bits per heavy atom. The number of amides is 2. The molecule has 0 aliphatic carbocycles. The van der Waals surface area contributed by atoms with Crippen molar-refractivity contribution in [3.8, 4) is 11.5 Å². The molecule has 1 atom stereocenters. The fourth-order valence-electron chi connectivity index (χ4n) is 4.33. The van der Waals surface area contributed by atoms with Gasteiger partial charge in [-0.15, -0.1) is 11.3 Å². The molecular formula is C26H23F2N5O4S. The van der Waals surface area contributed by atoms with Crippen molar-refractivity contribution >= 4 is 50.6 Å². The number of aromatic nitrogens is 1. The Balaban J connectivity index is 1.39. The number of ether oxygens (including phenoxy) is 1. The number of nitrogen functional groups attached to an aromatic ring is 1. The zero-order chi connectivity index (χ0) is 26.8. The Hall–Kier alpha value is -4.45. The number of nitrogens with one attached hydrogen (secondary N) is 2. The molecule has 196 valence electrons. The van der Waals surface area contributed by atoms with Crippen LogP contribution in [-0.4, -0.2) is 46.1 Å². The zero-order valence-electron chi connectivity index (χ0n) is 19.9. The van der Waals surface area contributed by atoms with E-state index in [1.807, 2.05) is 0 Å². The summed E-state index contributed by atoms with van der Waals surface area (Å²) in [6.07, 6.45) is 1.66. The number of hydrogen-bond donors (Lipinski definition) is 4. The highest BCUT2D eigenvalue weighted by atomic mass is 32.1. The van der Waals surface area contributed by atoms with Crippen LogP contribution in [0.1, 0.15) is 22.5 Å². The summed E-state index contributed by atoms with van der Waals surface area (Å²) in [4.78, 5) is 30.4. The first-order chi connectivity index (χ1) is 18.3. The van der Waals surface area contributed by atoms with Crippen molar-refractivity contribution < 1.29 is 28.2 Å². The second-order valence-corrected chi connectivity index (χ2v) is 9.73. The number of likely N-dealkylation sites (tertiary alicyclic amines) is 1. The van der Waals surface area contributed by atoms with Gasteiger partial charge in [-0.2, -0.15) is 0 Å². The van der Waals surface area contributed by atoms with Crippen LogP contribution in [0.25, 0.3) is 10.2 Å². The highest BCUT2D eigenvalue weighted by Gasteiger charge is 2.27. The fourth-order valence-corrected chi connectivity index (χ4v) is 5.32. The number of rotatable bonds is 6. The van der Waals surface area contributed by atoms with Crippen LogP contribution in [0.15, 0.2) is 54.7 Å². The number of para-hydroxylation sites is 1. The predicted octanol–water partition coefficient (Wildman–Crippen LogP) is 5.56. The zero-order valence-corrected chi connectivity index (χ0v) is 20.7. The van der Waals surface area contributed by atoms with Crippen molar-refractivity contribution in [1.82, 2.24) is 15.2 Å². The van der Waals surface area contributed by atoms with Gasteiger partial charge in [-0.1, -0.05) is 18.2 Å². The first kappa shape index (κ1) is 25.2. The molecule has 5 rings (SSSR count). The van der Waals surface area contributed by atoms with E-state index in [9.17, 15) is 23.5 Å². The smallest absolute Gasteiger partial charge is 0.407 e. The Kier molecular flexibility index (Phi) is 6.97. The molecule has 2 aromatic heterocycles. The van der Waals surface area contributed by atoms with Crippen molar-refractivity contribution in [2.45, 2.75) is 18.9 Å². The monoisotopic (exact) mass is 539 g/mol. The van der Waals surface area contributed by atoms with Crippen LogP contribution in [0.3, 0.4) is 0 Å². The summed E-state index contributed by atoms with van der Waals surface area (Å²) in [7, 11) is 0. The van der Waals surface area contributed by atoms with E-state index in [1.165, 1.54) is 17.2 Å². The van der Waals surface area contributed by atoms with E-state index in [1.54, 1.807) is 30.3 Å². The van der Waals surface area contributed by atoms with E-state index in [2.05, 4.69) is 15.6 Å². The number of benzene rings is 2. The number of anilines is 3. The van der Waals surface area contributed by atoms with Gasteiger partial charge in [0.05, 0.1) is 16.8 Å². The molecule has 1 saturated heterocycles. The van der Waals surface area contributed by atoms with Gasteiger partial charge in [0.15, 0.2) is 11.6 Å². The minimum absolute atomic E-state index is 0.00481. The second-order valence-electron chi connectivity index (χ2n) is 8.73. The summed E-state index contributed by atoms with van der Waals surface area (Å²) >= 11 is 1.04. The number of carbonyl (C=O) groups is 2. The van der Waals surface area contributed by atoms with Gasteiger partial charge in [0.25, 0.3) is 5.91 Å². The molecule has 1 aliphatic rings. The molecule has 12 heteroatoms. The second kappa shape index (κ2) is 10.5. The van der Waals surface area contributed by atoms with Gasteiger partial charge in [0.2, 0.25) is 0 Å². The maximum Gasteiger partial charge on any atom is 0.407 e. The van der Waals surface area contributed by atoms with E-state index >= 15 is 0 Å². The largest absolute Gasteiger partial charge is 0.465 e. The highest BCUT2D eigenvalue weighted by Crippen LogP contribution is 2.39. The molecule has 1 fully saturated rings. The van der Waals surface area contributed by atoms with Crippen LogP contribution in [0.4, 0.5) is 30.6 Å². The van der Waals surface area contributed by atoms with Crippen LogP contribution in [0, 0.1) is 11.6 Å². The average molecular weight is 540 g/mol. The maximum absolute atomic E-state index is 14.9. The third-order valence-electron chi connectivity index (χ3n) is 6.12. The molecule has 1 unspecified atom stereocenters. The lowest BCUT2D eigenvalue weighted by atomic mass is 10.1. The lowest BCUT2D eigenvalue weighted by molar-refractivity contribution is 0.0893. The number of piperidine rings is 1. The van der Waals surface area contributed by atoms with Gasteiger partial charge in [0.1, 0.15) is 26.9 Å². The Morgan fingerprint density at radius 2 is 1.87 bits per heavy atom. The predicted molar refractivity (Wildman–Crippen MR) is 140 cm³/mol. The molecule has 0 bridgehead atoms. The summed E-state index contributed by atoms with van der Waals surface area (Å²) in [5.74, 6) is -1.80. The van der Waals surface area contributed by atoms with Gasteiger partial charge in [-0.05, 0) is 31.0 Å². The molecule has 2 aromatic carbocycles. The van der Waals surface area contributed by atoms with Gasteiger partial charge in [0, 0.05) is 37.5 Å². The summed E-state index contributed by atoms with van der Waals surface area (Å²) in [5.41, 5.74) is 6.28. The number of thiophene rings is 1. The standard InChI is InChI=1S/C26H23F2N5O4S/c27-17-11-16(37-15-6-2-1-3-7-15)12-18(28)22(17)32-19-8-9-30-25-20(19)21(29)23(38-25)24(34)31-14-5-4-10-33(13-14)26(35)36/h1-3,6-9,11-12,14H,4-5,10,13,29H2,(H,30,32)(H,31,34)(H,35,36). The Labute approximate surface area is 219 Å². The van der Waals surface area contributed by atoms with E-state index < -0.39 is 29.3 Å². The highest BCUT2D eigenvalue weighted by molar-refractivity contribution is 7.21. The lowest BCUT2D eigenvalue weighted by Crippen LogP contribution is -2.49. The Bertz CT molecular complexity index is 1490. The molecule has 2 amide bonds. The first-order valence-corrected chi connectivity index (χ1v) is 12.6. The third-order valence-corrected chi connectivity index (χ3v) is 7.23. The van der Waals surface area contributed by atoms with Gasteiger partial charge >= 0.3 is 6.09 Å². The minimum Gasteiger partial charge on any atom is -0.465 e. The van der Waals surface area contributed by atoms with Crippen LogP contribution in [0.5, 0.6) is 11.5 Å². The topological polar surface area (TPSA) is 130 Å².